The highest BCUT2D eigenvalue weighted by Crippen LogP contribution is 2.36. The van der Waals surface area contributed by atoms with Gasteiger partial charge >= 0.3 is 0 Å². The molecule has 67 heavy (non-hydrogen) atoms. The van der Waals surface area contributed by atoms with Gasteiger partial charge in [0.2, 0.25) is 0 Å². The predicted molar refractivity (Wildman–Crippen MR) is 285 cm³/mol. The third-order valence-corrected chi connectivity index (χ3v) is 13.5. The number of nitrogens with zero attached hydrogens (tertiary/aromatic N) is 1. The summed E-state index contributed by atoms with van der Waals surface area (Å²) in [6.07, 6.45) is 17.4. The second-order valence-electron chi connectivity index (χ2n) is 17.6. The summed E-state index contributed by atoms with van der Waals surface area (Å²) in [5, 5.41) is 12.6. The maximum absolute atomic E-state index is 7.20. The van der Waals surface area contributed by atoms with E-state index in [0.717, 1.165) is 34.5 Å². The van der Waals surface area contributed by atoms with Crippen LogP contribution in [-0.2, 0) is 6.54 Å². The molecule has 10 rings (SSSR count). The van der Waals surface area contributed by atoms with Gasteiger partial charge in [0.25, 0.3) is 0 Å². The summed E-state index contributed by atoms with van der Waals surface area (Å²) in [6.45, 7) is 3.01. The van der Waals surface area contributed by atoms with Crippen LogP contribution < -0.4 is 16.4 Å². The lowest BCUT2D eigenvalue weighted by Crippen LogP contribution is -2.39. The van der Waals surface area contributed by atoms with Crippen LogP contribution in [0, 0.1) is 0 Å². The van der Waals surface area contributed by atoms with E-state index in [2.05, 4.69) is 260 Å². The number of benzene rings is 8. The lowest BCUT2D eigenvalue weighted by atomic mass is 9.90. The Bertz CT molecular complexity index is 3280. The number of fused-ring (bicyclic) bond motifs is 2. The van der Waals surface area contributed by atoms with Gasteiger partial charge in [0.1, 0.15) is 0 Å². The lowest BCUT2D eigenvalue weighted by Gasteiger charge is -2.30. The molecule has 4 N–H and O–H groups in total. The third-order valence-electron chi connectivity index (χ3n) is 13.5. The molecule has 0 aromatic heterocycles. The van der Waals surface area contributed by atoms with Gasteiger partial charge in [0, 0.05) is 12.2 Å². The minimum Gasteiger partial charge on any atom is -0.398 e. The van der Waals surface area contributed by atoms with E-state index >= 15 is 0 Å². The van der Waals surface area contributed by atoms with E-state index in [1.54, 1.807) is 0 Å². The van der Waals surface area contributed by atoms with Crippen LogP contribution in [0.5, 0.6) is 0 Å². The number of hydrogen-bond donors (Lipinski definition) is 3. The normalized spacial score (nSPS) is 17.6. The molecule has 4 heteroatoms. The molecular formula is C63H56N4. The summed E-state index contributed by atoms with van der Waals surface area (Å²) >= 11 is 0. The molecule has 8 aromatic carbocycles. The molecule has 3 atom stereocenters. The number of likely N-dealkylation sites (N-methyl/N-ethyl adjacent to an activating group) is 1. The van der Waals surface area contributed by atoms with Crippen LogP contribution in [0.25, 0.3) is 66.2 Å². The summed E-state index contributed by atoms with van der Waals surface area (Å²) in [4.78, 5) is 2.40. The van der Waals surface area contributed by atoms with Crippen molar-refractivity contribution in [2.24, 2.45) is 5.73 Å². The van der Waals surface area contributed by atoms with Crippen molar-refractivity contribution in [1.82, 2.24) is 15.5 Å². The van der Waals surface area contributed by atoms with Crippen molar-refractivity contribution in [1.29, 1.82) is 0 Å². The van der Waals surface area contributed by atoms with Crippen molar-refractivity contribution in [3.8, 4) is 33.4 Å². The summed E-state index contributed by atoms with van der Waals surface area (Å²) in [7, 11) is 4.23. The zero-order valence-corrected chi connectivity index (χ0v) is 38.4. The molecule has 0 spiro atoms. The molecule has 0 saturated heterocycles. The first-order chi connectivity index (χ1) is 32.9. The van der Waals surface area contributed by atoms with Gasteiger partial charge in [-0.25, -0.2) is 0 Å². The monoisotopic (exact) mass is 868 g/mol. The van der Waals surface area contributed by atoms with E-state index in [0.29, 0.717) is 0 Å². The zero-order chi connectivity index (χ0) is 45.7. The van der Waals surface area contributed by atoms with Crippen LogP contribution in [-0.4, -0.2) is 31.1 Å². The SMILES string of the molecule is CNC(NC1C=CC=C/C1=C(/C)c1cccc(-c2cccc(/C(N)=C3\C=CC=CC3N(C)Cc3cccc4c(-c5ccccc5)cccc34)c2)c1)c1cccc2c(-c3ccccc3)cccc12. The lowest BCUT2D eigenvalue weighted by molar-refractivity contribution is 0.305. The molecule has 0 fully saturated rings. The Kier molecular flexibility index (Phi) is 12.6. The highest BCUT2D eigenvalue weighted by Gasteiger charge is 2.24. The molecule has 4 nitrogen and oxygen atoms in total. The summed E-state index contributed by atoms with van der Waals surface area (Å²) in [6, 6.07) is 65.5. The average molecular weight is 869 g/mol. The first-order valence-corrected chi connectivity index (χ1v) is 23.3. The van der Waals surface area contributed by atoms with E-state index < -0.39 is 0 Å². The van der Waals surface area contributed by atoms with Gasteiger partial charge in [-0.15, -0.1) is 0 Å². The van der Waals surface area contributed by atoms with Gasteiger partial charge in [-0.2, -0.15) is 0 Å². The fourth-order valence-electron chi connectivity index (χ4n) is 10.1. The minimum absolute atomic E-state index is 0.00727. The maximum Gasteiger partial charge on any atom is 0.0846 e. The summed E-state index contributed by atoms with van der Waals surface area (Å²) in [5.74, 6) is 0. The molecule has 2 aliphatic rings. The molecule has 0 radical (unpaired) electrons. The Hall–Kier alpha value is -7.60. The highest BCUT2D eigenvalue weighted by atomic mass is 15.1. The summed E-state index contributed by atoms with van der Waals surface area (Å²) in [5.41, 5.74) is 23.4. The second kappa shape index (κ2) is 19.5. The molecule has 2 aliphatic carbocycles. The summed E-state index contributed by atoms with van der Waals surface area (Å²) < 4.78 is 0. The van der Waals surface area contributed by atoms with Crippen molar-refractivity contribution >= 4 is 32.8 Å². The number of rotatable bonds is 12. The predicted octanol–water partition coefficient (Wildman–Crippen LogP) is 14.1. The molecule has 328 valence electrons. The molecule has 0 heterocycles. The van der Waals surface area contributed by atoms with Crippen LogP contribution in [0.2, 0.25) is 0 Å². The minimum atomic E-state index is -0.0902. The van der Waals surface area contributed by atoms with Gasteiger partial charge in [0.15, 0.2) is 0 Å². The third kappa shape index (κ3) is 8.91. The smallest absolute Gasteiger partial charge is 0.0846 e. The van der Waals surface area contributed by atoms with E-state index in [4.69, 9.17) is 5.73 Å². The number of nitrogens with one attached hydrogen (secondary N) is 2. The second-order valence-corrected chi connectivity index (χ2v) is 17.6. The Balaban J connectivity index is 0.907. The molecule has 0 aliphatic heterocycles. The molecule has 3 unspecified atom stereocenters. The van der Waals surface area contributed by atoms with E-state index in [9.17, 15) is 0 Å². The fourth-order valence-corrected chi connectivity index (χ4v) is 10.1. The first kappa shape index (κ1) is 43.3. The maximum atomic E-state index is 7.20. The van der Waals surface area contributed by atoms with Crippen molar-refractivity contribution in [2.45, 2.75) is 31.7 Å². The fraction of sp³-hybridized carbons (Fsp3) is 0.111. The van der Waals surface area contributed by atoms with Gasteiger partial charge in [-0.3, -0.25) is 10.2 Å². The van der Waals surface area contributed by atoms with Crippen molar-refractivity contribution in [2.75, 3.05) is 14.1 Å². The van der Waals surface area contributed by atoms with Crippen LogP contribution in [0.3, 0.4) is 0 Å². The number of nitrogens with two attached hydrogens (primary N) is 1. The van der Waals surface area contributed by atoms with Crippen molar-refractivity contribution in [3.05, 3.63) is 264 Å². The number of hydrogen-bond acceptors (Lipinski definition) is 4. The highest BCUT2D eigenvalue weighted by molar-refractivity contribution is 5.99. The molecule has 0 amide bonds. The Labute approximate surface area is 395 Å². The first-order valence-electron chi connectivity index (χ1n) is 23.3. The Morgan fingerprint density at radius 1 is 0.537 bits per heavy atom. The standard InChI is InChI=1S/C63H56N4/c1-43(51-29-10-12-38-60(51)66-63(65-2)58-37-19-35-56-53(32-18-36-57(56)58)45-22-8-5-9-23-45)46-24-14-25-47(40-46)48-26-15-27-49(41-48)62(64)59-30-11-13-39-61(59)67(3)42-50-28-16-34-55-52(31-17-33-54(50)55)44-20-6-4-7-21-44/h4-41,60-61,63,65-66H,42,64H2,1-3H3/b51-43+,62-59-. The van der Waals surface area contributed by atoms with Gasteiger partial charge in [-0.1, -0.05) is 218 Å². The van der Waals surface area contributed by atoms with Crippen molar-refractivity contribution < 1.29 is 0 Å². The average Bonchev–Trinajstić information content (AvgIpc) is 3.40. The van der Waals surface area contributed by atoms with Gasteiger partial charge in [0.05, 0.1) is 18.2 Å². The largest absolute Gasteiger partial charge is 0.398 e. The van der Waals surface area contributed by atoms with Crippen LogP contribution in [0.15, 0.2) is 242 Å². The van der Waals surface area contributed by atoms with Crippen LogP contribution >= 0.6 is 0 Å². The van der Waals surface area contributed by atoms with Crippen LogP contribution in [0.1, 0.15) is 35.3 Å². The Morgan fingerprint density at radius 2 is 1.07 bits per heavy atom. The van der Waals surface area contributed by atoms with E-state index in [1.165, 1.54) is 71.6 Å². The quantitative estimate of drug-likeness (QED) is 0.107. The molecule has 8 aromatic rings. The molecule has 0 bridgehead atoms. The van der Waals surface area contributed by atoms with Crippen LogP contribution in [0.4, 0.5) is 0 Å². The molecule has 0 saturated carbocycles. The molecular weight excluding hydrogens is 813 g/mol. The van der Waals surface area contributed by atoms with Gasteiger partial charge in [-0.05, 0) is 127 Å². The van der Waals surface area contributed by atoms with E-state index in [1.807, 2.05) is 7.05 Å². The Morgan fingerprint density at radius 3 is 1.76 bits per heavy atom. The number of allylic oxidation sites excluding steroid dienone is 5. The topological polar surface area (TPSA) is 53.3 Å². The van der Waals surface area contributed by atoms with Gasteiger partial charge < -0.3 is 11.1 Å². The zero-order valence-electron chi connectivity index (χ0n) is 38.4. The van der Waals surface area contributed by atoms with Crippen molar-refractivity contribution in [3.63, 3.8) is 0 Å². The van der Waals surface area contributed by atoms with E-state index in [-0.39, 0.29) is 18.2 Å².